The van der Waals surface area contributed by atoms with Gasteiger partial charge in [-0.25, -0.2) is 9.59 Å². The Balaban J connectivity index is 1.48. The summed E-state index contributed by atoms with van der Waals surface area (Å²) < 4.78 is 10.8. The lowest BCUT2D eigenvalue weighted by molar-refractivity contribution is -0.123. The van der Waals surface area contributed by atoms with Gasteiger partial charge in [-0.15, -0.1) is 0 Å². The first-order valence-corrected chi connectivity index (χ1v) is 9.12. The Morgan fingerprint density at radius 2 is 1.90 bits per heavy atom. The molecule has 0 fully saturated rings. The minimum absolute atomic E-state index is 0.0215. The van der Waals surface area contributed by atoms with Crippen LogP contribution in [0.5, 0.6) is 0 Å². The molecule has 0 saturated carbocycles. The van der Waals surface area contributed by atoms with E-state index in [0.29, 0.717) is 38.3 Å². The maximum atomic E-state index is 12.5. The molecule has 2 aromatic carbocycles. The lowest BCUT2D eigenvalue weighted by atomic mass is 10.1. The van der Waals surface area contributed by atoms with Crippen LogP contribution in [-0.2, 0) is 9.53 Å². The quantitative estimate of drug-likeness (QED) is 0.440. The standard InChI is InChI=1S/C20H16ClN3O5/c1-9-13-7-11(21)3-6-16(13)29-17(9)19(26)28-10(2)18(25)22-12-4-5-14-15(8-12)24-20(27)23-14/h3-8,10H,1-2H3,(H,22,25)(H2,23,24,27)/t10-/m0/s1. The Hall–Kier alpha value is -3.52. The van der Waals surface area contributed by atoms with Crippen molar-refractivity contribution in [3.05, 3.63) is 63.2 Å². The first-order valence-electron chi connectivity index (χ1n) is 8.74. The summed E-state index contributed by atoms with van der Waals surface area (Å²) in [6.07, 6.45) is -1.07. The highest BCUT2D eigenvalue weighted by Gasteiger charge is 2.24. The van der Waals surface area contributed by atoms with Crippen molar-refractivity contribution in [2.45, 2.75) is 20.0 Å². The SMILES string of the molecule is Cc1c(C(=O)O[C@@H](C)C(=O)Nc2ccc3[nH]c(=O)[nH]c3c2)oc2ccc(Cl)cc12. The number of H-pyrrole nitrogens is 2. The van der Waals surface area contributed by atoms with E-state index in [2.05, 4.69) is 15.3 Å². The van der Waals surface area contributed by atoms with Gasteiger partial charge in [0, 0.05) is 21.7 Å². The summed E-state index contributed by atoms with van der Waals surface area (Å²) in [6.45, 7) is 3.18. The number of amides is 1. The Kier molecular flexibility index (Phi) is 4.63. The summed E-state index contributed by atoms with van der Waals surface area (Å²) in [6, 6.07) is 9.91. The number of aromatic nitrogens is 2. The van der Waals surface area contributed by atoms with E-state index in [0.717, 1.165) is 0 Å². The number of carbonyl (C=O) groups excluding carboxylic acids is 2. The molecule has 8 nitrogen and oxygen atoms in total. The third-order valence-electron chi connectivity index (χ3n) is 4.52. The van der Waals surface area contributed by atoms with Gasteiger partial charge in [-0.2, -0.15) is 0 Å². The van der Waals surface area contributed by atoms with E-state index in [1.165, 1.54) is 6.92 Å². The van der Waals surface area contributed by atoms with Crippen molar-refractivity contribution in [2.24, 2.45) is 0 Å². The minimum Gasteiger partial charge on any atom is -0.449 e. The lowest BCUT2D eigenvalue weighted by Gasteiger charge is -2.13. The van der Waals surface area contributed by atoms with Crippen LogP contribution in [0.3, 0.4) is 0 Å². The van der Waals surface area contributed by atoms with Gasteiger partial charge in [0.25, 0.3) is 5.91 Å². The fourth-order valence-electron chi connectivity index (χ4n) is 3.01. The second-order valence-corrected chi connectivity index (χ2v) is 7.01. The molecule has 0 saturated heterocycles. The zero-order chi connectivity index (χ0) is 20.7. The summed E-state index contributed by atoms with van der Waals surface area (Å²) in [7, 11) is 0. The van der Waals surface area contributed by atoms with E-state index in [1.54, 1.807) is 43.3 Å². The number of fused-ring (bicyclic) bond motifs is 2. The molecule has 9 heteroatoms. The molecule has 0 spiro atoms. The summed E-state index contributed by atoms with van der Waals surface area (Å²) in [5, 5.41) is 3.88. The molecule has 148 valence electrons. The third kappa shape index (κ3) is 3.62. The van der Waals surface area contributed by atoms with Crippen molar-refractivity contribution >= 4 is 51.2 Å². The highest BCUT2D eigenvalue weighted by atomic mass is 35.5. The topological polar surface area (TPSA) is 117 Å². The van der Waals surface area contributed by atoms with Crippen molar-refractivity contribution < 1.29 is 18.7 Å². The van der Waals surface area contributed by atoms with Crippen molar-refractivity contribution in [2.75, 3.05) is 5.32 Å². The number of anilines is 1. The zero-order valence-corrected chi connectivity index (χ0v) is 16.2. The molecule has 0 bridgehead atoms. The number of hydrogen-bond acceptors (Lipinski definition) is 5. The van der Waals surface area contributed by atoms with Gasteiger partial charge >= 0.3 is 11.7 Å². The van der Waals surface area contributed by atoms with E-state index >= 15 is 0 Å². The zero-order valence-electron chi connectivity index (χ0n) is 15.5. The average molecular weight is 414 g/mol. The summed E-state index contributed by atoms with van der Waals surface area (Å²) >= 11 is 5.99. The normalized spacial score (nSPS) is 12.2. The molecule has 4 aromatic rings. The molecular formula is C20H16ClN3O5. The molecule has 0 radical (unpaired) electrons. The van der Waals surface area contributed by atoms with Gasteiger partial charge < -0.3 is 24.4 Å². The number of furan rings is 1. The maximum Gasteiger partial charge on any atom is 0.375 e. The fourth-order valence-corrected chi connectivity index (χ4v) is 3.18. The third-order valence-corrected chi connectivity index (χ3v) is 4.76. The van der Waals surface area contributed by atoms with Gasteiger partial charge in [-0.3, -0.25) is 4.79 Å². The lowest BCUT2D eigenvalue weighted by Crippen LogP contribution is -2.30. The number of carbonyl (C=O) groups is 2. The van der Waals surface area contributed by atoms with Crippen LogP contribution in [-0.4, -0.2) is 27.9 Å². The smallest absolute Gasteiger partial charge is 0.375 e. The number of hydrogen-bond donors (Lipinski definition) is 3. The number of aromatic amines is 2. The number of nitrogens with one attached hydrogen (secondary N) is 3. The van der Waals surface area contributed by atoms with Gasteiger partial charge in [0.15, 0.2) is 6.10 Å². The Bertz CT molecular complexity index is 1320. The Labute approximate surface area is 168 Å². The molecular weight excluding hydrogens is 398 g/mol. The molecule has 0 aliphatic heterocycles. The molecule has 0 aliphatic rings. The Morgan fingerprint density at radius 3 is 2.69 bits per heavy atom. The van der Waals surface area contributed by atoms with Crippen LogP contribution < -0.4 is 11.0 Å². The first-order chi connectivity index (χ1) is 13.8. The molecule has 3 N–H and O–H groups in total. The summed E-state index contributed by atoms with van der Waals surface area (Å²) in [4.78, 5) is 41.4. The van der Waals surface area contributed by atoms with Crippen LogP contribution in [0.4, 0.5) is 5.69 Å². The van der Waals surface area contributed by atoms with Crippen LogP contribution in [0, 0.1) is 6.92 Å². The van der Waals surface area contributed by atoms with Gasteiger partial charge in [0.1, 0.15) is 5.58 Å². The van der Waals surface area contributed by atoms with Crippen molar-refractivity contribution in [1.82, 2.24) is 9.97 Å². The van der Waals surface area contributed by atoms with Crippen LogP contribution in [0.25, 0.3) is 22.0 Å². The van der Waals surface area contributed by atoms with Crippen LogP contribution in [0.15, 0.2) is 45.6 Å². The van der Waals surface area contributed by atoms with E-state index in [9.17, 15) is 14.4 Å². The van der Waals surface area contributed by atoms with Crippen molar-refractivity contribution in [1.29, 1.82) is 0 Å². The van der Waals surface area contributed by atoms with Gasteiger partial charge in [0.2, 0.25) is 5.76 Å². The molecule has 0 unspecified atom stereocenters. The number of imidazole rings is 1. The van der Waals surface area contributed by atoms with E-state index in [1.807, 2.05) is 0 Å². The van der Waals surface area contributed by atoms with Crippen LogP contribution >= 0.6 is 11.6 Å². The van der Waals surface area contributed by atoms with Gasteiger partial charge in [-0.1, -0.05) is 11.6 Å². The number of benzene rings is 2. The van der Waals surface area contributed by atoms with Crippen molar-refractivity contribution in [3.63, 3.8) is 0 Å². The molecule has 1 amide bonds. The van der Waals surface area contributed by atoms with E-state index in [4.69, 9.17) is 20.8 Å². The maximum absolute atomic E-state index is 12.5. The fraction of sp³-hybridized carbons (Fsp3) is 0.150. The van der Waals surface area contributed by atoms with Gasteiger partial charge in [-0.05, 0) is 50.2 Å². The summed E-state index contributed by atoms with van der Waals surface area (Å²) in [5.74, 6) is -1.25. The molecule has 29 heavy (non-hydrogen) atoms. The average Bonchev–Trinajstić information content (AvgIpc) is 3.20. The molecule has 4 rings (SSSR count). The van der Waals surface area contributed by atoms with Crippen molar-refractivity contribution in [3.8, 4) is 0 Å². The molecule has 0 aliphatic carbocycles. The summed E-state index contributed by atoms with van der Waals surface area (Å²) in [5.41, 5.74) is 2.37. The number of esters is 1. The van der Waals surface area contributed by atoms with E-state index in [-0.39, 0.29) is 11.4 Å². The highest BCUT2D eigenvalue weighted by molar-refractivity contribution is 6.31. The van der Waals surface area contributed by atoms with E-state index < -0.39 is 18.0 Å². The number of halogens is 1. The number of aryl methyl sites for hydroxylation is 1. The molecule has 2 heterocycles. The monoisotopic (exact) mass is 413 g/mol. The van der Waals surface area contributed by atoms with Gasteiger partial charge in [0.05, 0.1) is 11.0 Å². The second-order valence-electron chi connectivity index (χ2n) is 6.57. The highest BCUT2D eigenvalue weighted by Crippen LogP contribution is 2.28. The van der Waals surface area contributed by atoms with Crippen LogP contribution in [0.1, 0.15) is 23.0 Å². The second kappa shape index (κ2) is 7.14. The molecule has 2 aromatic heterocycles. The predicted molar refractivity (Wildman–Crippen MR) is 108 cm³/mol. The van der Waals surface area contributed by atoms with Crippen LogP contribution in [0.2, 0.25) is 5.02 Å². The Morgan fingerprint density at radius 1 is 1.14 bits per heavy atom. The first kappa shape index (κ1) is 18.8. The predicted octanol–water partition coefficient (Wildman–Crippen LogP) is 3.75. The largest absolute Gasteiger partial charge is 0.449 e. The number of ether oxygens (including phenoxy) is 1. The molecule has 1 atom stereocenters. The minimum atomic E-state index is -1.07. The number of rotatable bonds is 4.